The van der Waals surface area contributed by atoms with Crippen LogP contribution in [0.3, 0.4) is 0 Å². The third kappa shape index (κ3) is 5.94. The number of hydrogen-bond donors (Lipinski definition) is 2. The van der Waals surface area contributed by atoms with Crippen LogP contribution >= 0.6 is 22.6 Å². The van der Waals surface area contributed by atoms with Crippen LogP contribution in [-0.2, 0) is 14.8 Å². The minimum absolute atomic E-state index is 0.108. The number of nitrogens with one attached hydrogen (secondary N) is 2. The van der Waals surface area contributed by atoms with E-state index in [1.807, 2.05) is 31.2 Å². The monoisotopic (exact) mass is 522 g/mol. The summed E-state index contributed by atoms with van der Waals surface area (Å²) in [6.45, 7) is 1.65. The van der Waals surface area contributed by atoms with Crippen LogP contribution in [0.25, 0.3) is 0 Å². The molecule has 0 atom stereocenters. The van der Waals surface area contributed by atoms with E-state index in [1.54, 1.807) is 24.3 Å². The van der Waals surface area contributed by atoms with E-state index in [0.717, 1.165) is 9.13 Å². The zero-order chi connectivity index (χ0) is 20.9. The second-order valence-electron chi connectivity index (χ2n) is 6.24. The lowest BCUT2D eigenvalue weighted by Crippen LogP contribution is -2.20. The van der Waals surface area contributed by atoms with Gasteiger partial charge in [0.2, 0.25) is 0 Å². The first-order valence-electron chi connectivity index (χ1n) is 8.70. The second-order valence-corrected chi connectivity index (χ2v) is 9.16. The second kappa shape index (κ2) is 9.27. The molecule has 0 aliphatic rings. The van der Waals surface area contributed by atoms with Crippen LogP contribution in [0.5, 0.6) is 5.75 Å². The highest BCUT2D eigenvalue weighted by Gasteiger charge is 2.15. The van der Waals surface area contributed by atoms with Crippen LogP contribution in [0, 0.1) is 10.5 Å². The molecule has 1 amide bonds. The smallest absolute Gasteiger partial charge is 0.262 e. The molecule has 0 fully saturated rings. The quantitative estimate of drug-likeness (QED) is 0.451. The number of amides is 1. The highest BCUT2D eigenvalue weighted by atomic mass is 127. The van der Waals surface area contributed by atoms with Crippen molar-refractivity contribution < 1.29 is 17.9 Å². The maximum atomic E-state index is 12.5. The number of sulfonamides is 1. The molecular weight excluding hydrogens is 503 g/mol. The molecule has 0 saturated heterocycles. The van der Waals surface area contributed by atoms with Crippen LogP contribution in [-0.4, -0.2) is 20.9 Å². The maximum absolute atomic E-state index is 12.5. The number of carbonyl (C=O) groups excluding carboxylic acids is 1. The molecule has 3 aromatic carbocycles. The van der Waals surface area contributed by atoms with Gasteiger partial charge in [0.25, 0.3) is 15.9 Å². The van der Waals surface area contributed by atoms with Gasteiger partial charge in [-0.25, -0.2) is 8.42 Å². The Morgan fingerprint density at radius 3 is 2.28 bits per heavy atom. The molecule has 3 aromatic rings. The summed E-state index contributed by atoms with van der Waals surface area (Å²) in [5, 5.41) is 2.73. The standard InChI is InChI=1S/C21H19IN2O4S/c1-15-4-2-3-5-20(15)24-29(26,27)19-12-10-18(11-13-19)28-14-21(25)23-17-8-6-16(22)7-9-17/h2-13,24H,14H2,1H3,(H,23,25). The van der Waals surface area contributed by atoms with Gasteiger partial charge in [0, 0.05) is 9.26 Å². The predicted octanol–water partition coefficient (Wildman–Crippen LogP) is 4.42. The van der Waals surface area contributed by atoms with Crippen molar-refractivity contribution in [1.29, 1.82) is 0 Å². The van der Waals surface area contributed by atoms with E-state index in [-0.39, 0.29) is 17.4 Å². The van der Waals surface area contributed by atoms with Crippen molar-refractivity contribution in [2.75, 3.05) is 16.6 Å². The first-order chi connectivity index (χ1) is 13.8. The minimum Gasteiger partial charge on any atom is -0.484 e. The Morgan fingerprint density at radius 1 is 0.966 bits per heavy atom. The van der Waals surface area contributed by atoms with Gasteiger partial charge >= 0.3 is 0 Å². The number of benzene rings is 3. The average Bonchev–Trinajstić information content (AvgIpc) is 2.70. The van der Waals surface area contributed by atoms with Crippen LogP contribution in [0.15, 0.2) is 77.7 Å². The zero-order valence-electron chi connectivity index (χ0n) is 15.6. The van der Waals surface area contributed by atoms with Crippen LogP contribution in [0.1, 0.15) is 5.56 Å². The summed E-state index contributed by atoms with van der Waals surface area (Å²) >= 11 is 2.19. The number of para-hydroxylation sites is 1. The van der Waals surface area contributed by atoms with Crippen LogP contribution in [0.2, 0.25) is 0 Å². The maximum Gasteiger partial charge on any atom is 0.262 e. The molecule has 0 bridgehead atoms. The summed E-state index contributed by atoms with van der Waals surface area (Å²) < 4.78 is 34.2. The van der Waals surface area contributed by atoms with Crippen LogP contribution in [0.4, 0.5) is 11.4 Å². The molecule has 0 aliphatic heterocycles. The fourth-order valence-electron chi connectivity index (χ4n) is 2.49. The molecule has 0 spiro atoms. The third-order valence-corrected chi connectivity index (χ3v) is 6.12. The summed E-state index contributed by atoms with van der Waals surface area (Å²) in [5.41, 5.74) is 2.04. The lowest BCUT2D eigenvalue weighted by atomic mass is 10.2. The SMILES string of the molecule is Cc1ccccc1NS(=O)(=O)c1ccc(OCC(=O)Nc2ccc(I)cc2)cc1. The van der Waals surface area contributed by atoms with Gasteiger partial charge in [0.05, 0.1) is 10.6 Å². The zero-order valence-corrected chi connectivity index (χ0v) is 18.5. The Bertz CT molecular complexity index is 1100. The topological polar surface area (TPSA) is 84.5 Å². The Balaban J connectivity index is 1.58. The number of rotatable bonds is 7. The summed E-state index contributed by atoms with van der Waals surface area (Å²) in [4.78, 5) is 12.1. The Labute approximate surface area is 183 Å². The van der Waals surface area contributed by atoms with Crippen LogP contribution < -0.4 is 14.8 Å². The van der Waals surface area contributed by atoms with Crippen molar-refractivity contribution >= 4 is 49.9 Å². The molecule has 8 heteroatoms. The highest BCUT2D eigenvalue weighted by molar-refractivity contribution is 14.1. The summed E-state index contributed by atoms with van der Waals surface area (Å²) in [6.07, 6.45) is 0. The number of aryl methyl sites for hydroxylation is 1. The molecule has 150 valence electrons. The largest absolute Gasteiger partial charge is 0.484 e. The van der Waals surface area contributed by atoms with Gasteiger partial charge in [-0.05, 0) is 89.7 Å². The molecule has 0 aliphatic carbocycles. The predicted molar refractivity (Wildman–Crippen MR) is 122 cm³/mol. The molecule has 2 N–H and O–H groups in total. The lowest BCUT2D eigenvalue weighted by Gasteiger charge is -2.11. The minimum atomic E-state index is -3.71. The highest BCUT2D eigenvalue weighted by Crippen LogP contribution is 2.21. The van der Waals surface area contributed by atoms with E-state index in [9.17, 15) is 13.2 Å². The lowest BCUT2D eigenvalue weighted by molar-refractivity contribution is -0.118. The van der Waals surface area contributed by atoms with Gasteiger partial charge in [0.15, 0.2) is 6.61 Å². The molecule has 0 radical (unpaired) electrons. The Kier molecular flexibility index (Phi) is 6.75. The van der Waals surface area contributed by atoms with Gasteiger partial charge < -0.3 is 10.1 Å². The molecule has 0 heterocycles. The first kappa shape index (κ1) is 21.1. The molecule has 0 aromatic heterocycles. The van der Waals surface area contributed by atoms with E-state index < -0.39 is 10.0 Å². The Morgan fingerprint density at radius 2 is 1.62 bits per heavy atom. The van der Waals surface area contributed by atoms with Crippen molar-refractivity contribution in [3.63, 3.8) is 0 Å². The van der Waals surface area contributed by atoms with E-state index in [1.165, 1.54) is 24.3 Å². The normalized spacial score (nSPS) is 11.0. The van der Waals surface area contributed by atoms with E-state index in [0.29, 0.717) is 17.1 Å². The van der Waals surface area contributed by atoms with E-state index in [2.05, 4.69) is 32.6 Å². The summed E-state index contributed by atoms with van der Waals surface area (Å²) in [5.74, 6) is 0.0988. The molecular formula is C21H19IN2O4S. The molecule has 0 unspecified atom stereocenters. The fraction of sp³-hybridized carbons (Fsp3) is 0.0952. The van der Waals surface area contributed by atoms with Crippen molar-refractivity contribution in [2.24, 2.45) is 0 Å². The molecule has 3 rings (SSSR count). The van der Waals surface area contributed by atoms with Gasteiger partial charge in [-0.15, -0.1) is 0 Å². The van der Waals surface area contributed by atoms with E-state index in [4.69, 9.17) is 4.74 Å². The van der Waals surface area contributed by atoms with Gasteiger partial charge in [-0.3, -0.25) is 9.52 Å². The average molecular weight is 522 g/mol. The molecule has 0 saturated carbocycles. The van der Waals surface area contributed by atoms with Gasteiger partial charge in [0.1, 0.15) is 5.75 Å². The number of hydrogen-bond acceptors (Lipinski definition) is 4. The first-order valence-corrected chi connectivity index (χ1v) is 11.3. The van der Waals surface area contributed by atoms with Crippen molar-refractivity contribution in [1.82, 2.24) is 0 Å². The van der Waals surface area contributed by atoms with Gasteiger partial charge in [-0.1, -0.05) is 18.2 Å². The summed E-state index contributed by atoms with van der Waals surface area (Å²) in [6, 6.07) is 20.4. The van der Waals surface area contributed by atoms with Gasteiger partial charge in [-0.2, -0.15) is 0 Å². The molecule has 29 heavy (non-hydrogen) atoms. The number of carbonyl (C=O) groups is 1. The van der Waals surface area contributed by atoms with Crippen molar-refractivity contribution in [2.45, 2.75) is 11.8 Å². The molecule has 6 nitrogen and oxygen atoms in total. The Hall–Kier alpha value is -2.59. The fourth-order valence-corrected chi connectivity index (χ4v) is 3.98. The number of ether oxygens (including phenoxy) is 1. The number of halogens is 1. The van der Waals surface area contributed by atoms with Crippen molar-refractivity contribution in [3.05, 3.63) is 81.9 Å². The number of anilines is 2. The van der Waals surface area contributed by atoms with Crippen molar-refractivity contribution in [3.8, 4) is 5.75 Å². The third-order valence-electron chi connectivity index (χ3n) is 4.02. The summed E-state index contributed by atoms with van der Waals surface area (Å²) in [7, 11) is -3.71. The van der Waals surface area contributed by atoms with E-state index >= 15 is 0 Å².